The van der Waals surface area contributed by atoms with Crippen molar-refractivity contribution in [2.24, 2.45) is 0 Å². The molecule has 0 aliphatic heterocycles. The smallest absolute Gasteiger partial charge is 0.261 e. The fourth-order valence-corrected chi connectivity index (χ4v) is 4.40. The molecule has 0 aliphatic carbocycles. The van der Waals surface area contributed by atoms with Gasteiger partial charge >= 0.3 is 0 Å². The lowest BCUT2D eigenvalue weighted by Gasteiger charge is -2.01. The van der Waals surface area contributed by atoms with Gasteiger partial charge in [0.25, 0.3) is 5.91 Å². The van der Waals surface area contributed by atoms with Crippen LogP contribution in [0.15, 0.2) is 35.8 Å². The Kier molecular flexibility index (Phi) is 4.21. The van der Waals surface area contributed by atoms with Gasteiger partial charge in [-0.1, -0.05) is 6.07 Å². The third-order valence-corrected chi connectivity index (χ3v) is 5.73. The topological polar surface area (TPSA) is 71.3 Å². The first-order valence-electron chi connectivity index (χ1n) is 8.05. The predicted molar refractivity (Wildman–Crippen MR) is 107 cm³/mol. The first-order chi connectivity index (χ1) is 12.5. The van der Waals surface area contributed by atoms with Crippen LogP contribution in [0, 0.1) is 13.8 Å². The summed E-state index contributed by atoms with van der Waals surface area (Å²) in [4.78, 5) is 21.7. The number of anilines is 2. The Morgan fingerprint density at radius 1 is 1.15 bits per heavy atom. The molecule has 0 bridgehead atoms. The summed E-state index contributed by atoms with van der Waals surface area (Å²) in [7, 11) is 1.63. The SMILES string of the molecule is CNC(=O)c1ccc(Nc2nc(-c3c(C)nc4ccc(C)cn34)cs2)s1. The van der Waals surface area contributed by atoms with Gasteiger partial charge < -0.3 is 10.6 Å². The minimum absolute atomic E-state index is 0.0837. The Morgan fingerprint density at radius 3 is 2.81 bits per heavy atom. The van der Waals surface area contributed by atoms with Crippen LogP contribution in [0.3, 0.4) is 0 Å². The van der Waals surface area contributed by atoms with E-state index in [0.717, 1.165) is 32.9 Å². The lowest BCUT2D eigenvalue weighted by Crippen LogP contribution is -2.15. The Labute approximate surface area is 158 Å². The number of carbonyl (C=O) groups is 1. The number of aryl methyl sites for hydroxylation is 2. The Balaban J connectivity index is 1.64. The zero-order valence-electron chi connectivity index (χ0n) is 14.5. The van der Waals surface area contributed by atoms with Gasteiger partial charge in [-0.15, -0.1) is 22.7 Å². The molecule has 0 spiro atoms. The zero-order valence-corrected chi connectivity index (χ0v) is 16.2. The number of pyridine rings is 1. The molecule has 4 aromatic heterocycles. The number of thiophene rings is 1. The zero-order chi connectivity index (χ0) is 18.3. The van der Waals surface area contributed by atoms with Crippen molar-refractivity contribution < 1.29 is 4.79 Å². The number of hydrogen-bond donors (Lipinski definition) is 2. The van der Waals surface area contributed by atoms with E-state index >= 15 is 0 Å². The van der Waals surface area contributed by atoms with Crippen molar-refractivity contribution in [1.82, 2.24) is 19.7 Å². The molecule has 4 heterocycles. The summed E-state index contributed by atoms with van der Waals surface area (Å²) >= 11 is 2.93. The highest BCUT2D eigenvalue weighted by Gasteiger charge is 2.15. The molecule has 4 rings (SSSR count). The number of carbonyl (C=O) groups excluding carboxylic acids is 1. The lowest BCUT2D eigenvalue weighted by atomic mass is 10.2. The second-order valence-electron chi connectivity index (χ2n) is 5.89. The van der Waals surface area contributed by atoms with Crippen molar-refractivity contribution in [2.75, 3.05) is 12.4 Å². The Hall–Kier alpha value is -2.71. The Bertz CT molecular complexity index is 1110. The van der Waals surface area contributed by atoms with Gasteiger partial charge in [-0.3, -0.25) is 9.20 Å². The molecule has 0 aromatic carbocycles. The molecule has 4 aromatic rings. The van der Waals surface area contributed by atoms with Gasteiger partial charge in [0.15, 0.2) is 5.13 Å². The van der Waals surface area contributed by atoms with Gasteiger partial charge in [0, 0.05) is 18.6 Å². The van der Waals surface area contributed by atoms with Crippen LogP contribution in [-0.2, 0) is 0 Å². The van der Waals surface area contributed by atoms with E-state index in [9.17, 15) is 4.79 Å². The van der Waals surface area contributed by atoms with Crippen LogP contribution >= 0.6 is 22.7 Å². The number of aromatic nitrogens is 3. The number of rotatable bonds is 4. The number of thiazole rings is 1. The molecule has 8 heteroatoms. The predicted octanol–water partition coefficient (Wildman–Crippen LogP) is 4.24. The molecule has 0 radical (unpaired) electrons. The van der Waals surface area contributed by atoms with E-state index in [1.807, 2.05) is 24.4 Å². The van der Waals surface area contributed by atoms with Gasteiger partial charge in [-0.25, -0.2) is 9.97 Å². The highest BCUT2D eigenvalue weighted by atomic mass is 32.1. The van der Waals surface area contributed by atoms with Gasteiger partial charge in [-0.2, -0.15) is 0 Å². The molecule has 6 nitrogen and oxygen atoms in total. The standard InChI is InChI=1S/C18H17N5OS2/c1-10-4-6-14-20-11(2)16(23(14)8-10)12-9-25-18(21-12)22-15-7-5-13(26-15)17(24)19-3/h4-9H,1-3H3,(H,19,24)(H,21,22). The summed E-state index contributed by atoms with van der Waals surface area (Å²) in [6, 6.07) is 7.76. The quantitative estimate of drug-likeness (QED) is 0.553. The van der Waals surface area contributed by atoms with Gasteiger partial charge in [0.05, 0.1) is 21.3 Å². The summed E-state index contributed by atoms with van der Waals surface area (Å²) in [5.74, 6) is -0.0837. The number of hydrogen-bond acceptors (Lipinski definition) is 6. The van der Waals surface area contributed by atoms with Crippen LogP contribution in [-0.4, -0.2) is 27.3 Å². The van der Waals surface area contributed by atoms with Crippen LogP contribution < -0.4 is 10.6 Å². The van der Waals surface area contributed by atoms with Crippen LogP contribution in [0.1, 0.15) is 20.9 Å². The van der Waals surface area contributed by atoms with E-state index < -0.39 is 0 Å². The Morgan fingerprint density at radius 2 is 2.00 bits per heavy atom. The van der Waals surface area contributed by atoms with Crippen molar-refractivity contribution in [1.29, 1.82) is 0 Å². The van der Waals surface area contributed by atoms with Gasteiger partial charge in [0.2, 0.25) is 0 Å². The molecule has 0 fully saturated rings. The first kappa shape index (κ1) is 16.7. The highest BCUT2D eigenvalue weighted by molar-refractivity contribution is 7.18. The number of nitrogens with zero attached hydrogens (tertiary/aromatic N) is 3. The monoisotopic (exact) mass is 383 g/mol. The maximum atomic E-state index is 11.7. The minimum atomic E-state index is -0.0837. The number of fused-ring (bicyclic) bond motifs is 1. The highest BCUT2D eigenvalue weighted by Crippen LogP contribution is 2.32. The van der Waals surface area contributed by atoms with Crippen molar-refractivity contribution in [3.8, 4) is 11.4 Å². The molecule has 1 amide bonds. The third-order valence-electron chi connectivity index (χ3n) is 3.97. The summed E-state index contributed by atoms with van der Waals surface area (Å²) in [5, 5.41) is 9.60. The second kappa shape index (κ2) is 6.54. The van der Waals surface area contributed by atoms with E-state index in [0.29, 0.717) is 4.88 Å². The van der Waals surface area contributed by atoms with Crippen LogP contribution in [0.4, 0.5) is 10.1 Å². The fraction of sp³-hybridized carbons (Fsp3) is 0.167. The molecule has 0 aliphatic rings. The van der Waals surface area contributed by atoms with E-state index in [4.69, 9.17) is 4.98 Å². The summed E-state index contributed by atoms with van der Waals surface area (Å²) < 4.78 is 2.08. The largest absolute Gasteiger partial charge is 0.354 e. The molecule has 2 N–H and O–H groups in total. The molecule has 0 saturated carbocycles. The summed E-state index contributed by atoms with van der Waals surface area (Å²) in [5.41, 5.74) is 4.93. The average Bonchev–Trinajstić information content (AvgIpc) is 3.33. The van der Waals surface area contributed by atoms with Crippen molar-refractivity contribution >= 4 is 44.4 Å². The van der Waals surface area contributed by atoms with E-state index in [2.05, 4.69) is 39.2 Å². The fourth-order valence-electron chi connectivity index (χ4n) is 2.77. The summed E-state index contributed by atoms with van der Waals surface area (Å²) in [6.07, 6.45) is 2.08. The van der Waals surface area contributed by atoms with Crippen LogP contribution in [0.25, 0.3) is 17.0 Å². The molecule has 0 atom stereocenters. The normalized spacial score (nSPS) is 11.0. The maximum absolute atomic E-state index is 11.7. The lowest BCUT2D eigenvalue weighted by molar-refractivity contribution is 0.0967. The average molecular weight is 384 g/mol. The third kappa shape index (κ3) is 2.97. The van der Waals surface area contributed by atoms with Gasteiger partial charge in [0.1, 0.15) is 11.3 Å². The molecule has 0 unspecified atom stereocenters. The number of imidazole rings is 1. The molecule has 132 valence electrons. The number of nitrogens with one attached hydrogen (secondary N) is 2. The maximum Gasteiger partial charge on any atom is 0.261 e. The second-order valence-corrected chi connectivity index (χ2v) is 7.83. The van der Waals surface area contributed by atoms with E-state index in [1.165, 1.54) is 28.2 Å². The number of amides is 1. The van der Waals surface area contributed by atoms with E-state index in [-0.39, 0.29) is 5.91 Å². The van der Waals surface area contributed by atoms with Gasteiger partial charge in [-0.05, 0) is 37.6 Å². The molecular weight excluding hydrogens is 366 g/mol. The van der Waals surface area contributed by atoms with Crippen molar-refractivity contribution in [3.05, 3.63) is 52.0 Å². The van der Waals surface area contributed by atoms with Crippen molar-refractivity contribution in [2.45, 2.75) is 13.8 Å². The molecule has 26 heavy (non-hydrogen) atoms. The van der Waals surface area contributed by atoms with E-state index in [1.54, 1.807) is 13.1 Å². The van der Waals surface area contributed by atoms with Crippen molar-refractivity contribution in [3.63, 3.8) is 0 Å². The molecular formula is C18H17N5OS2. The first-order valence-corrected chi connectivity index (χ1v) is 9.75. The van der Waals surface area contributed by atoms with Crippen LogP contribution in [0.2, 0.25) is 0 Å². The van der Waals surface area contributed by atoms with Crippen LogP contribution in [0.5, 0.6) is 0 Å². The summed E-state index contributed by atoms with van der Waals surface area (Å²) in [6.45, 7) is 4.06. The minimum Gasteiger partial charge on any atom is -0.354 e. The molecule has 0 saturated heterocycles.